The second-order valence-corrected chi connectivity index (χ2v) is 10.5. The van der Waals surface area contributed by atoms with Crippen LogP contribution >= 0.6 is 0 Å². The molecule has 2 aromatic carbocycles. The van der Waals surface area contributed by atoms with E-state index in [-0.39, 0.29) is 17.3 Å². The number of hydrogen-bond acceptors (Lipinski definition) is 2. The molecule has 0 bridgehead atoms. The zero-order chi connectivity index (χ0) is 22.6. The molecule has 1 N–H and O–H groups in total. The summed E-state index contributed by atoms with van der Waals surface area (Å²) in [6.45, 7) is 12.0. The van der Waals surface area contributed by atoms with Gasteiger partial charge < -0.3 is 9.84 Å². The molecule has 3 nitrogen and oxygen atoms in total. The Balaban J connectivity index is 2.03. The van der Waals surface area contributed by atoms with Crippen molar-refractivity contribution in [2.75, 3.05) is 6.61 Å². The van der Waals surface area contributed by atoms with E-state index in [1.54, 1.807) is 0 Å². The third kappa shape index (κ3) is 6.22. The number of rotatable bonds is 7. The van der Waals surface area contributed by atoms with Crippen LogP contribution < -0.4 is 4.74 Å². The van der Waals surface area contributed by atoms with Crippen LogP contribution in [0.15, 0.2) is 54.1 Å². The molecule has 0 aromatic heterocycles. The Morgan fingerprint density at radius 2 is 1.61 bits per heavy atom. The SMILES string of the molecule is Cc1ccc(C(=C2CC(C)(C)CC(C)(C)C2)c2ccccc2)cc1OCCCC(=O)O. The number of aryl methyl sites for hydroxylation is 1. The lowest BCUT2D eigenvalue weighted by atomic mass is 9.62. The highest BCUT2D eigenvalue weighted by Gasteiger charge is 2.37. The molecule has 0 radical (unpaired) electrons. The van der Waals surface area contributed by atoms with E-state index in [4.69, 9.17) is 9.84 Å². The first-order chi connectivity index (χ1) is 14.6. The van der Waals surface area contributed by atoms with Crippen LogP contribution in [-0.2, 0) is 4.79 Å². The second-order valence-electron chi connectivity index (χ2n) is 10.5. The maximum atomic E-state index is 10.8. The van der Waals surface area contributed by atoms with Crippen LogP contribution in [0, 0.1) is 17.8 Å². The van der Waals surface area contributed by atoms with Gasteiger partial charge in [0.1, 0.15) is 5.75 Å². The quantitative estimate of drug-likeness (QED) is 0.479. The molecule has 1 aliphatic carbocycles. The highest BCUT2D eigenvalue weighted by atomic mass is 16.5. The Bertz CT molecular complexity index is 933. The van der Waals surface area contributed by atoms with Crippen molar-refractivity contribution in [2.45, 2.75) is 66.7 Å². The normalized spacial score (nSPS) is 17.3. The molecule has 0 spiro atoms. The van der Waals surface area contributed by atoms with Crippen molar-refractivity contribution in [1.82, 2.24) is 0 Å². The van der Waals surface area contributed by atoms with Crippen LogP contribution in [0.1, 0.15) is 76.5 Å². The minimum atomic E-state index is -0.785. The lowest BCUT2D eigenvalue weighted by Crippen LogP contribution is -2.30. The maximum absolute atomic E-state index is 10.8. The van der Waals surface area contributed by atoms with Gasteiger partial charge in [0.05, 0.1) is 6.61 Å². The largest absolute Gasteiger partial charge is 0.493 e. The molecule has 0 amide bonds. The van der Waals surface area contributed by atoms with Gasteiger partial charge in [0.25, 0.3) is 0 Å². The van der Waals surface area contributed by atoms with Crippen molar-refractivity contribution in [3.8, 4) is 5.75 Å². The molecule has 166 valence electrons. The second kappa shape index (κ2) is 9.30. The molecule has 2 aromatic rings. The zero-order valence-corrected chi connectivity index (χ0v) is 19.6. The summed E-state index contributed by atoms with van der Waals surface area (Å²) < 4.78 is 6.00. The first kappa shape index (κ1) is 23.1. The number of ether oxygens (including phenoxy) is 1. The third-order valence-corrected chi connectivity index (χ3v) is 6.03. The topological polar surface area (TPSA) is 46.5 Å². The summed E-state index contributed by atoms with van der Waals surface area (Å²) in [6.07, 6.45) is 4.03. The first-order valence-corrected chi connectivity index (χ1v) is 11.3. The van der Waals surface area contributed by atoms with E-state index in [1.165, 1.54) is 28.7 Å². The number of hydrogen-bond donors (Lipinski definition) is 1. The van der Waals surface area contributed by atoms with Gasteiger partial charge in [-0.05, 0) is 71.8 Å². The summed E-state index contributed by atoms with van der Waals surface area (Å²) in [5.41, 5.74) is 6.83. The van der Waals surface area contributed by atoms with Gasteiger partial charge >= 0.3 is 5.97 Å². The fourth-order valence-corrected chi connectivity index (χ4v) is 5.31. The molecule has 3 rings (SSSR count). The molecule has 31 heavy (non-hydrogen) atoms. The lowest BCUT2D eigenvalue weighted by molar-refractivity contribution is -0.137. The zero-order valence-electron chi connectivity index (χ0n) is 19.6. The van der Waals surface area contributed by atoms with E-state index >= 15 is 0 Å². The monoisotopic (exact) mass is 420 g/mol. The van der Waals surface area contributed by atoms with E-state index in [0.717, 1.165) is 24.2 Å². The predicted octanol–water partition coefficient (Wildman–Crippen LogP) is 7.28. The van der Waals surface area contributed by atoms with Crippen LogP contribution in [0.3, 0.4) is 0 Å². The van der Waals surface area contributed by atoms with Crippen molar-refractivity contribution in [2.24, 2.45) is 10.8 Å². The van der Waals surface area contributed by atoms with Gasteiger partial charge in [-0.15, -0.1) is 0 Å². The fourth-order valence-electron chi connectivity index (χ4n) is 5.31. The molecule has 0 heterocycles. The van der Waals surface area contributed by atoms with E-state index in [0.29, 0.717) is 13.0 Å². The number of carboxylic acids is 1. The van der Waals surface area contributed by atoms with Gasteiger partial charge in [0, 0.05) is 6.42 Å². The number of aliphatic carboxylic acids is 1. The first-order valence-electron chi connectivity index (χ1n) is 11.3. The maximum Gasteiger partial charge on any atom is 0.303 e. The van der Waals surface area contributed by atoms with Crippen LogP contribution in [0.4, 0.5) is 0 Å². The molecular weight excluding hydrogens is 384 g/mol. The highest BCUT2D eigenvalue weighted by Crippen LogP contribution is 2.51. The standard InChI is InChI=1S/C28H36O3/c1-20-13-14-22(16-24(20)31-15-9-12-25(29)30)26(21-10-7-6-8-11-21)23-17-27(2,3)19-28(4,5)18-23/h6-8,10-11,13-14,16H,9,12,15,17-19H2,1-5H3,(H,29,30). The van der Waals surface area contributed by atoms with Gasteiger partial charge in [0.15, 0.2) is 0 Å². The summed E-state index contributed by atoms with van der Waals surface area (Å²) in [4.78, 5) is 10.8. The number of allylic oxidation sites excluding steroid dienone is 1. The molecule has 1 aliphatic rings. The van der Waals surface area contributed by atoms with Crippen LogP contribution in [0.2, 0.25) is 0 Å². The average Bonchev–Trinajstić information content (AvgIpc) is 2.66. The van der Waals surface area contributed by atoms with Crippen LogP contribution in [0.25, 0.3) is 5.57 Å². The van der Waals surface area contributed by atoms with Crippen molar-refractivity contribution in [3.63, 3.8) is 0 Å². The minimum Gasteiger partial charge on any atom is -0.493 e. The van der Waals surface area contributed by atoms with E-state index in [2.05, 4.69) is 76.2 Å². The molecule has 1 fully saturated rings. The van der Waals surface area contributed by atoms with Gasteiger partial charge in [-0.1, -0.05) is 75.7 Å². The Hall–Kier alpha value is -2.55. The number of carboxylic acid groups (broad SMARTS) is 1. The number of benzene rings is 2. The van der Waals surface area contributed by atoms with Crippen LogP contribution in [-0.4, -0.2) is 17.7 Å². The van der Waals surface area contributed by atoms with Crippen LogP contribution in [0.5, 0.6) is 5.75 Å². The summed E-state index contributed by atoms with van der Waals surface area (Å²) in [6, 6.07) is 17.1. The summed E-state index contributed by atoms with van der Waals surface area (Å²) in [7, 11) is 0. The van der Waals surface area contributed by atoms with E-state index < -0.39 is 5.97 Å². The predicted molar refractivity (Wildman–Crippen MR) is 127 cm³/mol. The van der Waals surface area contributed by atoms with Crippen molar-refractivity contribution < 1.29 is 14.6 Å². The molecule has 0 atom stereocenters. The van der Waals surface area contributed by atoms with Gasteiger partial charge in [-0.3, -0.25) is 4.79 Å². The minimum absolute atomic E-state index is 0.127. The van der Waals surface area contributed by atoms with Gasteiger partial charge in [-0.25, -0.2) is 0 Å². The Morgan fingerprint density at radius 3 is 2.23 bits per heavy atom. The van der Waals surface area contributed by atoms with Crippen molar-refractivity contribution in [3.05, 3.63) is 70.8 Å². The van der Waals surface area contributed by atoms with Gasteiger partial charge in [-0.2, -0.15) is 0 Å². The van der Waals surface area contributed by atoms with Gasteiger partial charge in [0.2, 0.25) is 0 Å². The summed E-state index contributed by atoms with van der Waals surface area (Å²) in [5.74, 6) is 0.0546. The summed E-state index contributed by atoms with van der Waals surface area (Å²) in [5, 5.41) is 8.88. The van der Waals surface area contributed by atoms with Crippen molar-refractivity contribution >= 4 is 11.5 Å². The average molecular weight is 421 g/mol. The molecule has 0 unspecified atom stereocenters. The highest BCUT2D eigenvalue weighted by molar-refractivity contribution is 5.83. The number of carbonyl (C=O) groups is 1. The van der Waals surface area contributed by atoms with E-state index in [1.807, 2.05) is 6.92 Å². The van der Waals surface area contributed by atoms with Crippen molar-refractivity contribution in [1.29, 1.82) is 0 Å². The molecule has 1 saturated carbocycles. The van der Waals surface area contributed by atoms with E-state index in [9.17, 15) is 4.79 Å². The molecule has 3 heteroatoms. The Morgan fingerprint density at radius 1 is 0.968 bits per heavy atom. The fraction of sp³-hybridized carbons (Fsp3) is 0.464. The molecular formula is C28H36O3. The summed E-state index contributed by atoms with van der Waals surface area (Å²) >= 11 is 0. The lowest BCUT2D eigenvalue weighted by Gasteiger charge is -2.43. The third-order valence-electron chi connectivity index (χ3n) is 6.03. The Kier molecular flexibility index (Phi) is 6.93. The molecule has 0 aliphatic heterocycles. The Labute approximate surface area is 187 Å². The molecule has 0 saturated heterocycles. The smallest absolute Gasteiger partial charge is 0.303 e.